The van der Waals surface area contributed by atoms with Gasteiger partial charge < -0.3 is 4.98 Å². The minimum Gasteiger partial charge on any atom is -0.301 e. The molecule has 0 spiro atoms. The highest BCUT2D eigenvalue weighted by molar-refractivity contribution is 7.98. The highest BCUT2D eigenvalue weighted by atomic mass is 32.2. The van der Waals surface area contributed by atoms with E-state index in [1.807, 2.05) is 25.1 Å². The molecule has 144 valence electrons. The zero-order valence-corrected chi connectivity index (χ0v) is 18.0. The molecule has 2 heterocycles. The minimum atomic E-state index is -0.110. The molecule has 0 saturated carbocycles. The normalized spacial score (nSPS) is 11.0. The lowest BCUT2D eigenvalue weighted by Crippen LogP contribution is -2.08. The number of benzene rings is 2. The van der Waals surface area contributed by atoms with Gasteiger partial charge in [0.05, 0.1) is 17.0 Å². The zero-order valence-electron chi connectivity index (χ0n) is 16.4. The van der Waals surface area contributed by atoms with Gasteiger partial charge in [-0.1, -0.05) is 42.1 Å². The lowest BCUT2D eigenvalue weighted by Gasteiger charge is -2.06. The second-order valence-corrected chi connectivity index (χ2v) is 9.15. The molecule has 0 unspecified atom stereocenters. The summed E-state index contributed by atoms with van der Waals surface area (Å²) in [5.41, 5.74) is 6.01. The number of H-pyrrole nitrogens is 1. The third-order valence-electron chi connectivity index (χ3n) is 4.94. The van der Waals surface area contributed by atoms with Gasteiger partial charge in [-0.15, -0.1) is 11.3 Å². The monoisotopic (exact) mass is 417 g/mol. The molecule has 29 heavy (non-hydrogen) atoms. The van der Waals surface area contributed by atoms with Crippen LogP contribution in [0.4, 0.5) is 0 Å². The molecule has 2 aromatic heterocycles. The van der Waals surface area contributed by atoms with Crippen LogP contribution < -0.4 is 5.56 Å². The van der Waals surface area contributed by atoms with Crippen molar-refractivity contribution in [3.63, 3.8) is 0 Å². The maximum atomic E-state index is 12.9. The van der Waals surface area contributed by atoms with Crippen molar-refractivity contribution < 1.29 is 0 Å². The summed E-state index contributed by atoms with van der Waals surface area (Å²) in [4.78, 5) is 22.4. The van der Waals surface area contributed by atoms with Crippen LogP contribution in [0.15, 0.2) is 52.4 Å². The molecule has 4 nitrogen and oxygen atoms in total. The molecule has 0 fully saturated rings. The fourth-order valence-corrected chi connectivity index (χ4v) is 5.20. The maximum absolute atomic E-state index is 12.9. The van der Waals surface area contributed by atoms with E-state index < -0.39 is 0 Å². The second kappa shape index (κ2) is 7.86. The predicted octanol–water partition coefficient (Wildman–Crippen LogP) is 5.74. The van der Waals surface area contributed by atoms with Gasteiger partial charge >= 0.3 is 0 Å². The highest BCUT2D eigenvalue weighted by Crippen LogP contribution is 2.36. The standard InChI is InChI=1S/C23H19N3OS2/c1-13-7-8-18(9-14(13)2)19-15(3)29-22-20(19)21(27)25-23(26-22)28-12-17-6-4-5-16(10-17)11-24/h4-10H,12H2,1-3H3,(H,25,26,27). The minimum absolute atomic E-state index is 0.110. The summed E-state index contributed by atoms with van der Waals surface area (Å²) in [6.45, 7) is 6.21. The number of nitrogens with one attached hydrogen (secondary N) is 1. The topological polar surface area (TPSA) is 69.5 Å². The molecule has 0 saturated heterocycles. The van der Waals surface area contributed by atoms with Crippen molar-refractivity contribution in [3.05, 3.63) is 79.9 Å². The lowest BCUT2D eigenvalue weighted by atomic mass is 9.99. The van der Waals surface area contributed by atoms with Crippen LogP contribution in [0.2, 0.25) is 0 Å². The number of aromatic amines is 1. The van der Waals surface area contributed by atoms with Crippen molar-refractivity contribution in [1.82, 2.24) is 9.97 Å². The predicted molar refractivity (Wildman–Crippen MR) is 121 cm³/mol. The fourth-order valence-electron chi connectivity index (χ4n) is 3.29. The number of aryl methyl sites for hydroxylation is 3. The van der Waals surface area contributed by atoms with E-state index in [9.17, 15) is 4.79 Å². The number of aromatic nitrogens is 2. The number of thioether (sulfide) groups is 1. The Hall–Kier alpha value is -2.88. The number of hydrogen-bond donors (Lipinski definition) is 1. The van der Waals surface area contributed by atoms with Gasteiger partial charge in [0.1, 0.15) is 4.83 Å². The van der Waals surface area contributed by atoms with E-state index >= 15 is 0 Å². The van der Waals surface area contributed by atoms with Crippen molar-refractivity contribution in [2.45, 2.75) is 31.7 Å². The molecule has 0 aliphatic carbocycles. The van der Waals surface area contributed by atoms with Crippen molar-refractivity contribution in [3.8, 4) is 17.2 Å². The summed E-state index contributed by atoms with van der Waals surface area (Å²) in [5, 5.41) is 10.3. The summed E-state index contributed by atoms with van der Waals surface area (Å²) in [6.07, 6.45) is 0. The molecule has 2 aromatic carbocycles. The largest absolute Gasteiger partial charge is 0.301 e. The summed E-state index contributed by atoms with van der Waals surface area (Å²) < 4.78 is 0. The third kappa shape index (κ3) is 3.84. The van der Waals surface area contributed by atoms with Crippen molar-refractivity contribution in [2.75, 3.05) is 0 Å². The average Bonchev–Trinajstić information content (AvgIpc) is 3.05. The molecule has 4 aromatic rings. The summed E-state index contributed by atoms with van der Waals surface area (Å²) >= 11 is 3.02. The van der Waals surface area contributed by atoms with Crippen LogP contribution in [0.3, 0.4) is 0 Å². The molecular weight excluding hydrogens is 398 g/mol. The second-order valence-electron chi connectivity index (χ2n) is 6.98. The van der Waals surface area contributed by atoms with Crippen LogP contribution in [0, 0.1) is 32.1 Å². The van der Waals surface area contributed by atoms with Crippen LogP contribution in [0.5, 0.6) is 0 Å². The average molecular weight is 418 g/mol. The van der Waals surface area contributed by atoms with Gasteiger partial charge in [0.25, 0.3) is 5.56 Å². The van der Waals surface area contributed by atoms with Crippen molar-refractivity contribution in [1.29, 1.82) is 5.26 Å². The van der Waals surface area contributed by atoms with Gasteiger partial charge in [0, 0.05) is 16.2 Å². The Balaban J connectivity index is 1.70. The summed E-state index contributed by atoms with van der Waals surface area (Å²) in [7, 11) is 0. The van der Waals surface area contributed by atoms with E-state index in [4.69, 9.17) is 10.2 Å². The van der Waals surface area contributed by atoms with Crippen LogP contribution in [0.1, 0.15) is 27.1 Å². The quantitative estimate of drug-likeness (QED) is 0.339. The van der Waals surface area contributed by atoms with E-state index in [1.165, 1.54) is 22.9 Å². The molecule has 0 radical (unpaired) electrons. The third-order valence-corrected chi connectivity index (χ3v) is 6.89. The van der Waals surface area contributed by atoms with E-state index in [-0.39, 0.29) is 5.56 Å². The van der Waals surface area contributed by atoms with Crippen LogP contribution in [-0.4, -0.2) is 9.97 Å². The molecule has 0 amide bonds. The first-order valence-corrected chi connectivity index (χ1v) is 11.0. The SMILES string of the molecule is Cc1ccc(-c2c(C)sc3nc(SCc4cccc(C#N)c4)[nH]c(=O)c23)cc1C. The maximum Gasteiger partial charge on any atom is 0.260 e. The zero-order chi connectivity index (χ0) is 20.5. The van der Waals surface area contributed by atoms with E-state index in [0.717, 1.165) is 26.4 Å². The lowest BCUT2D eigenvalue weighted by molar-refractivity contribution is 0.980. The van der Waals surface area contributed by atoms with E-state index in [0.29, 0.717) is 21.9 Å². The van der Waals surface area contributed by atoms with Crippen LogP contribution >= 0.6 is 23.1 Å². The number of nitrogens with zero attached hydrogens (tertiary/aromatic N) is 2. The number of fused-ring (bicyclic) bond motifs is 1. The number of hydrogen-bond acceptors (Lipinski definition) is 5. The van der Waals surface area contributed by atoms with E-state index in [1.54, 1.807) is 17.4 Å². The Morgan fingerprint density at radius 3 is 2.72 bits per heavy atom. The first-order chi connectivity index (χ1) is 14.0. The Morgan fingerprint density at radius 1 is 1.14 bits per heavy atom. The molecule has 0 atom stereocenters. The molecular formula is C23H19N3OS2. The molecule has 0 aliphatic heterocycles. The first kappa shape index (κ1) is 19.4. The summed E-state index contributed by atoms with van der Waals surface area (Å²) in [5.74, 6) is 0.637. The van der Waals surface area contributed by atoms with Gasteiger partial charge in [-0.25, -0.2) is 4.98 Å². The van der Waals surface area contributed by atoms with Gasteiger partial charge in [0.15, 0.2) is 5.16 Å². The Morgan fingerprint density at radius 2 is 1.97 bits per heavy atom. The van der Waals surface area contributed by atoms with Crippen molar-refractivity contribution >= 4 is 33.3 Å². The van der Waals surface area contributed by atoms with Gasteiger partial charge in [-0.2, -0.15) is 5.26 Å². The number of thiophene rings is 1. The number of rotatable bonds is 4. The Kier molecular flexibility index (Phi) is 5.27. The van der Waals surface area contributed by atoms with Crippen molar-refractivity contribution in [2.24, 2.45) is 0 Å². The first-order valence-electron chi connectivity index (χ1n) is 9.19. The molecule has 1 N–H and O–H groups in total. The van der Waals surface area contributed by atoms with Crippen LogP contribution in [0.25, 0.3) is 21.3 Å². The Bertz CT molecular complexity index is 1330. The van der Waals surface area contributed by atoms with Crippen LogP contribution in [-0.2, 0) is 5.75 Å². The fraction of sp³-hybridized carbons (Fsp3) is 0.174. The van der Waals surface area contributed by atoms with Gasteiger partial charge in [-0.3, -0.25) is 4.79 Å². The molecule has 6 heteroatoms. The Labute approximate surface area is 177 Å². The smallest absolute Gasteiger partial charge is 0.260 e. The molecule has 4 rings (SSSR count). The molecule has 0 bridgehead atoms. The van der Waals surface area contributed by atoms with E-state index in [2.05, 4.69) is 43.1 Å². The number of nitriles is 1. The van der Waals surface area contributed by atoms with Gasteiger partial charge in [0.2, 0.25) is 0 Å². The molecule has 0 aliphatic rings. The van der Waals surface area contributed by atoms with Gasteiger partial charge in [-0.05, 0) is 55.2 Å². The highest BCUT2D eigenvalue weighted by Gasteiger charge is 2.17. The summed E-state index contributed by atoms with van der Waals surface area (Å²) in [6, 6.07) is 15.9.